The number of benzene rings is 2. The number of allylic oxidation sites excluding steroid dienone is 4. The summed E-state index contributed by atoms with van der Waals surface area (Å²) in [7, 11) is 0. The molecule has 4 heteroatoms. The second kappa shape index (κ2) is 13.1. The summed E-state index contributed by atoms with van der Waals surface area (Å²) in [6.07, 6.45) is 12.2. The molecule has 4 rings (SSSR count). The van der Waals surface area contributed by atoms with Crippen molar-refractivity contribution in [3.8, 4) is 0 Å². The quantitative estimate of drug-likeness (QED) is 0.402. The van der Waals surface area contributed by atoms with Crippen LogP contribution in [0.5, 0.6) is 0 Å². The minimum Gasteiger partial charge on any atom is -1.00 e. The van der Waals surface area contributed by atoms with Gasteiger partial charge in [0.2, 0.25) is 0 Å². The van der Waals surface area contributed by atoms with Crippen molar-refractivity contribution in [2.24, 2.45) is 5.92 Å². The maximum Gasteiger partial charge on any atom is -1.00 e. The van der Waals surface area contributed by atoms with Crippen LogP contribution in [-0.4, -0.2) is 5.92 Å². The third-order valence-corrected chi connectivity index (χ3v) is 28.9. The fourth-order valence-electron chi connectivity index (χ4n) is 5.89. The van der Waals surface area contributed by atoms with Crippen molar-refractivity contribution < 1.29 is 45.7 Å². The van der Waals surface area contributed by atoms with Gasteiger partial charge in [0.1, 0.15) is 0 Å². The van der Waals surface area contributed by atoms with Crippen LogP contribution in [0.15, 0.2) is 60.7 Å². The summed E-state index contributed by atoms with van der Waals surface area (Å²) in [4.78, 5) is 0. The molecule has 0 aromatic heterocycles. The van der Waals surface area contributed by atoms with Crippen LogP contribution in [0.4, 0.5) is 0 Å². The van der Waals surface area contributed by atoms with Crippen LogP contribution in [0, 0.1) is 5.92 Å². The van der Waals surface area contributed by atoms with Crippen LogP contribution in [-0.2, 0) is 20.9 Å². The van der Waals surface area contributed by atoms with Gasteiger partial charge < -0.3 is 24.8 Å². The van der Waals surface area contributed by atoms with E-state index in [4.69, 9.17) is 0 Å². The molecule has 33 heavy (non-hydrogen) atoms. The van der Waals surface area contributed by atoms with Crippen LogP contribution in [0.25, 0.3) is 11.1 Å². The Morgan fingerprint density at radius 3 is 2.03 bits per heavy atom. The number of hydrogen-bond acceptors (Lipinski definition) is 0. The Morgan fingerprint density at radius 2 is 1.42 bits per heavy atom. The standard InChI is InChI=1S/C17H23.C10H9.C2H7Si.2ClH.Zr/c1-3-5-8-14(4-2)13-16-12-11-15-9-6-7-10-17(15)16;1-8-6-7-9-4-2-3-5-10(8)9;1-3-2;;;/h6-7,9-12,14H,3-5,8,13H2,1-2H3;2-7H,1H3;3H,1-2H3;2*1H;/q;;;;;+2/p-2. The van der Waals surface area contributed by atoms with Gasteiger partial charge >= 0.3 is 200 Å². The SMILES string of the molecule is CCCCC(CC)CC1=C[CH]([Zr+2]([CH]2C=C(C)c3ccccc32)[SiH](C)C)c2ccccc21.[Cl-].[Cl-]. The minimum absolute atomic E-state index is 0. The van der Waals surface area contributed by atoms with Gasteiger partial charge in [0.05, 0.1) is 0 Å². The number of halogens is 2. The van der Waals surface area contributed by atoms with Crippen LogP contribution >= 0.6 is 0 Å². The predicted octanol–water partition coefficient (Wildman–Crippen LogP) is 2.50. The van der Waals surface area contributed by atoms with E-state index in [0.29, 0.717) is 0 Å². The molecule has 0 fully saturated rings. The molecule has 0 radical (unpaired) electrons. The van der Waals surface area contributed by atoms with Gasteiger partial charge in [-0.25, -0.2) is 0 Å². The molecule has 0 amide bonds. The molecule has 3 unspecified atom stereocenters. The molecule has 2 aliphatic rings. The van der Waals surface area contributed by atoms with Crippen molar-refractivity contribution in [2.75, 3.05) is 0 Å². The zero-order chi connectivity index (χ0) is 22.0. The van der Waals surface area contributed by atoms with E-state index in [-0.39, 0.29) is 24.8 Å². The largest absolute Gasteiger partial charge is 1.00 e. The molecular formula is C29H39Cl2SiZr. The van der Waals surface area contributed by atoms with Gasteiger partial charge in [-0.05, 0) is 0 Å². The molecule has 0 aliphatic heterocycles. The summed E-state index contributed by atoms with van der Waals surface area (Å²) < 4.78 is 1.53. The van der Waals surface area contributed by atoms with Crippen LogP contribution < -0.4 is 24.8 Å². The van der Waals surface area contributed by atoms with Crippen molar-refractivity contribution in [3.63, 3.8) is 0 Å². The number of rotatable bonds is 9. The smallest absolute Gasteiger partial charge is 1.00 e. The summed E-state index contributed by atoms with van der Waals surface area (Å²) in [5, 5.41) is 0. The molecule has 0 bridgehead atoms. The van der Waals surface area contributed by atoms with E-state index in [1.54, 1.807) is 22.3 Å². The topological polar surface area (TPSA) is 0 Å². The third kappa shape index (κ3) is 6.06. The third-order valence-electron chi connectivity index (χ3n) is 7.58. The number of fused-ring (bicyclic) bond motifs is 2. The first-order chi connectivity index (χ1) is 15.0. The minimum atomic E-state index is -1.80. The van der Waals surface area contributed by atoms with E-state index in [0.717, 1.165) is 13.2 Å². The van der Waals surface area contributed by atoms with Crippen molar-refractivity contribution in [3.05, 3.63) is 82.9 Å². The Bertz CT molecular complexity index is 981. The Labute approximate surface area is 223 Å². The van der Waals surface area contributed by atoms with Crippen molar-refractivity contribution in [1.29, 1.82) is 0 Å². The van der Waals surface area contributed by atoms with E-state index >= 15 is 0 Å². The second-order valence-corrected chi connectivity index (χ2v) is 30.2. The first-order valence-electron chi connectivity index (χ1n) is 12.5. The van der Waals surface area contributed by atoms with Crippen molar-refractivity contribution in [2.45, 2.75) is 73.2 Å². The van der Waals surface area contributed by atoms with Gasteiger partial charge in [-0.15, -0.1) is 0 Å². The zero-order valence-electron chi connectivity index (χ0n) is 20.9. The van der Waals surface area contributed by atoms with E-state index < -0.39 is 26.8 Å². The molecule has 177 valence electrons. The van der Waals surface area contributed by atoms with E-state index in [1.165, 1.54) is 43.2 Å². The second-order valence-electron chi connectivity index (χ2n) is 9.95. The summed E-state index contributed by atoms with van der Waals surface area (Å²) in [6, 6.07) is 18.8. The van der Waals surface area contributed by atoms with Gasteiger partial charge in [-0.2, -0.15) is 0 Å². The normalized spacial score (nSPS) is 19.1. The van der Waals surface area contributed by atoms with Gasteiger partial charge in [0.25, 0.3) is 0 Å². The van der Waals surface area contributed by atoms with Crippen LogP contribution in [0.3, 0.4) is 0 Å². The molecule has 0 nitrogen and oxygen atoms in total. The first kappa shape index (κ1) is 28.8. The predicted molar refractivity (Wildman–Crippen MR) is 137 cm³/mol. The molecule has 2 aromatic carbocycles. The van der Waals surface area contributed by atoms with Gasteiger partial charge in [0, 0.05) is 0 Å². The summed E-state index contributed by atoms with van der Waals surface area (Å²) in [5.41, 5.74) is 9.68. The molecule has 3 atom stereocenters. The molecule has 0 heterocycles. The maximum absolute atomic E-state index is 2.80. The maximum atomic E-state index is 2.80. The van der Waals surface area contributed by atoms with Crippen molar-refractivity contribution in [1.82, 2.24) is 0 Å². The van der Waals surface area contributed by atoms with Crippen molar-refractivity contribution >= 4 is 17.1 Å². The van der Waals surface area contributed by atoms with Crippen LogP contribution in [0.2, 0.25) is 13.1 Å². The Hall–Kier alpha value is -0.400. The average molecular weight is 578 g/mol. The Balaban J connectivity index is 0.00000193. The van der Waals surface area contributed by atoms with Crippen LogP contribution in [0.1, 0.15) is 82.4 Å². The fourth-order valence-corrected chi connectivity index (χ4v) is 27.2. The Morgan fingerprint density at radius 1 is 0.848 bits per heavy atom. The molecule has 2 aliphatic carbocycles. The summed E-state index contributed by atoms with van der Waals surface area (Å²) in [6.45, 7) is 12.4. The molecule has 0 spiro atoms. The van der Waals surface area contributed by atoms with Gasteiger partial charge in [0.15, 0.2) is 0 Å². The molecule has 2 aromatic rings. The zero-order valence-corrected chi connectivity index (χ0v) is 26.0. The monoisotopic (exact) mass is 575 g/mol. The molecular weight excluding hydrogens is 539 g/mol. The van der Waals surface area contributed by atoms with Gasteiger partial charge in [-0.3, -0.25) is 0 Å². The van der Waals surface area contributed by atoms with E-state index in [9.17, 15) is 0 Å². The molecule has 0 N–H and O–H groups in total. The number of hydrogen-bond donors (Lipinski definition) is 0. The van der Waals surface area contributed by atoms with E-state index in [2.05, 4.69) is 94.5 Å². The van der Waals surface area contributed by atoms with E-state index in [1.807, 2.05) is 0 Å². The average Bonchev–Trinajstić information content (AvgIpc) is 3.30. The fraction of sp³-hybridized carbons (Fsp3) is 0.448. The molecule has 0 saturated carbocycles. The number of unbranched alkanes of at least 4 members (excludes halogenated alkanes) is 1. The summed E-state index contributed by atoms with van der Waals surface area (Å²) in [5.74, 6) is 0.125. The molecule has 0 saturated heterocycles. The first-order valence-corrected chi connectivity index (χ1v) is 22.5. The Kier molecular flexibility index (Phi) is 11.4. The van der Waals surface area contributed by atoms with Gasteiger partial charge in [-0.1, -0.05) is 0 Å². The summed E-state index contributed by atoms with van der Waals surface area (Å²) >= 11 is -1.80.